The molecule has 1 amide bonds. The van der Waals surface area contributed by atoms with Gasteiger partial charge in [0.05, 0.1) is 16.1 Å². The number of hydrogen-bond acceptors (Lipinski definition) is 4. The van der Waals surface area contributed by atoms with Gasteiger partial charge in [0.2, 0.25) is 0 Å². The molecule has 1 aliphatic rings. The van der Waals surface area contributed by atoms with Gasteiger partial charge in [0.25, 0.3) is 15.9 Å². The van der Waals surface area contributed by atoms with Crippen molar-refractivity contribution in [2.45, 2.75) is 11.3 Å². The summed E-state index contributed by atoms with van der Waals surface area (Å²) >= 11 is 0. The minimum atomic E-state index is -3.98. The second-order valence-electron chi connectivity index (χ2n) is 6.96. The third-order valence-electron chi connectivity index (χ3n) is 4.97. The largest absolute Gasteiger partial charge is 0.478 e. The first-order valence-electron chi connectivity index (χ1n) is 9.32. The van der Waals surface area contributed by atoms with Crippen molar-refractivity contribution in [2.24, 2.45) is 0 Å². The Morgan fingerprint density at radius 1 is 0.968 bits per heavy atom. The first-order chi connectivity index (χ1) is 14.8. The molecular formula is C22H17FN2O5S. The van der Waals surface area contributed by atoms with Crippen molar-refractivity contribution in [1.82, 2.24) is 0 Å². The van der Waals surface area contributed by atoms with Crippen molar-refractivity contribution in [3.63, 3.8) is 0 Å². The van der Waals surface area contributed by atoms with Gasteiger partial charge in [-0.25, -0.2) is 17.6 Å². The van der Waals surface area contributed by atoms with Crippen molar-refractivity contribution in [3.05, 3.63) is 89.2 Å². The number of benzene rings is 3. The highest BCUT2D eigenvalue weighted by atomic mass is 32.2. The van der Waals surface area contributed by atoms with Gasteiger partial charge in [0, 0.05) is 17.8 Å². The zero-order valence-electron chi connectivity index (χ0n) is 16.1. The molecule has 3 aromatic rings. The summed E-state index contributed by atoms with van der Waals surface area (Å²) < 4.78 is 40.8. The number of hydrogen-bond donors (Lipinski definition) is 2. The number of fused-ring (bicyclic) bond motifs is 1. The van der Waals surface area contributed by atoms with Crippen molar-refractivity contribution in [1.29, 1.82) is 0 Å². The number of carbonyl (C=O) groups excluding carboxylic acids is 1. The smallest absolute Gasteiger partial charge is 0.335 e. The molecular weight excluding hydrogens is 423 g/mol. The number of aromatic carboxylic acids is 1. The lowest BCUT2D eigenvalue weighted by atomic mass is 10.1. The number of amides is 1. The summed E-state index contributed by atoms with van der Waals surface area (Å²) in [6.45, 7) is 0.190. The fraction of sp³-hybridized carbons (Fsp3) is 0.0909. The van der Waals surface area contributed by atoms with Crippen LogP contribution in [0.2, 0.25) is 0 Å². The Bertz CT molecular complexity index is 1290. The molecule has 7 nitrogen and oxygen atoms in total. The number of anilines is 2. The van der Waals surface area contributed by atoms with E-state index in [-0.39, 0.29) is 22.6 Å². The van der Waals surface area contributed by atoms with Gasteiger partial charge in [-0.2, -0.15) is 0 Å². The van der Waals surface area contributed by atoms with Crippen LogP contribution in [-0.2, 0) is 16.4 Å². The molecule has 0 radical (unpaired) electrons. The lowest BCUT2D eigenvalue weighted by Crippen LogP contribution is -2.29. The lowest BCUT2D eigenvalue weighted by Gasteiger charge is -2.20. The molecule has 0 unspecified atom stereocenters. The maximum Gasteiger partial charge on any atom is 0.335 e. The van der Waals surface area contributed by atoms with Crippen LogP contribution in [0.4, 0.5) is 15.8 Å². The number of carboxylic acid groups (broad SMARTS) is 1. The van der Waals surface area contributed by atoms with Gasteiger partial charge in [-0.15, -0.1) is 0 Å². The highest BCUT2D eigenvalue weighted by Crippen LogP contribution is 2.34. The second kappa shape index (κ2) is 7.84. The number of nitrogens with zero attached hydrogens (tertiary/aromatic N) is 1. The summed E-state index contributed by atoms with van der Waals surface area (Å²) in [6.07, 6.45) is 0.475. The van der Waals surface area contributed by atoms with E-state index >= 15 is 0 Å². The lowest BCUT2D eigenvalue weighted by molar-refractivity contribution is 0.0696. The SMILES string of the molecule is O=C(O)c1ccc(NC(=O)c2ccc3c(c2)N(S(=O)(=O)c2cccc(F)c2)CC3)cc1. The van der Waals surface area contributed by atoms with E-state index in [1.54, 1.807) is 12.1 Å². The van der Waals surface area contributed by atoms with Crippen molar-refractivity contribution in [2.75, 3.05) is 16.2 Å². The van der Waals surface area contributed by atoms with Crippen molar-refractivity contribution >= 4 is 33.3 Å². The van der Waals surface area contributed by atoms with Crippen LogP contribution in [0.1, 0.15) is 26.3 Å². The van der Waals surface area contributed by atoms with Crippen molar-refractivity contribution in [3.8, 4) is 0 Å². The second-order valence-corrected chi connectivity index (χ2v) is 8.83. The van der Waals surface area contributed by atoms with E-state index < -0.39 is 27.7 Å². The first-order valence-corrected chi connectivity index (χ1v) is 10.8. The molecule has 1 aliphatic heterocycles. The predicted molar refractivity (Wildman–Crippen MR) is 112 cm³/mol. The Morgan fingerprint density at radius 3 is 2.35 bits per heavy atom. The quantitative estimate of drug-likeness (QED) is 0.632. The molecule has 0 aliphatic carbocycles. The molecule has 9 heteroatoms. The van der Waals surface area contributed by atoms with E-state index in [1.807, 2.05) is 0 Å². The summed E-state index contributed by atoms with van der Waals surface area (Å²) in [7, 11) is -3.98. The van der Waals surface area contributed by atoms with Gasteiger partial charge in [0.1, 0.15) is 5.82 Å². The highest BCUT2D eigenvalue weighted by Gasteiger charge is 2.31. The van der Waals surface area contributed by atoms with E-state index in [1.165, 1.54) is 52.8 Å². The number of nitrogens with one attached hydrogen (secondary N) is 1. The van der Waals surface area contributed by atoms with Gasteiger partial charge in [-0.1, -0.05) is 12.1 Å². The molecule has 0 atom stereocenters. The number of carbonyl (C=O) groups is 2. The van der Waals surface area contributed by atoms with Crippen LogP contribution in [-0.4, -0.2) is 31.9 Å². The van der Waals surface area contributed by atoms with Gasteiger partial charge >= 0.3 is 5.97 Å². The number of sulfonamides is 1. The topological polar surface area (TPSA) is 104 Å². The van der Waals surface area contributed by atoms with Gasteiger partial charge in [0.15, 0.2) is 0 Å². The first kappa shape index (κ1) is 20.5. The Morgan fingerprint density at radius 2 is 1.68 bits per heavy atom. The molecule has 31 heavy (non-hydrogen) atoms. The minimum absolute atomic E-state index is 0.0914. The van der Waals surface area contributed by atoms with E-state index in [2.05, 4.69) is 5.32 Å². The summed E-state index contributed by atoms with van der Waals surface area (Å²) in [4.78, 5) is 23.4. The van der Waals surface area contributed by atoms with E-state index in [4.69, 9.17) is 5.11 Å². The molecule has 0 saturated heterocycles. The van der Waals surface area contributed by atoms with Crippen LogP contribution in [0, 0.1) is 5.82 Å². The normalized spacial score (nSPS) is 13.0. The Balaban J connectivity index is 1.61. The molecule has 0 aromatic heterocycles. The summed E-state index contributed by atoms with van der Waals surface area (Å²) in [6, 6.07) is 15.2. The van der Waals surface area contributed by atoms with Gasteiger partial charge < -0.3 is 10.4 Å². The molecule has 158 valence electrons. The molecule has 0 bridgehead atoms. The fourth-order valence-corrected chi connectivity index (χ4v) is 4.92. The minimum Gasteiger partial charge on any atom is -0.478 e. The summed E-state index contributed by atoms with van der Waals surface area (Å²) in [5.74, 6) is -2.19. The number of carboxylic acids is 1. The molecule has 3 aromatic carbocycles. The summed E-state index contributed by atoms with van der Waals surface area (Å²) in [5, 5.41) is 11.6. The highest BCUT2D eigenvalue weighted by molar-refractivity contribution is 7.92. The number of halogens is 1. The van der Waals surface area contributed by atoms with Crippen LogP contribution >= 0.6 is 0 Å². The Hall–Kier alpha value is -3.72. The van der Waals surface area contributed by atoms with E-state index in [9.17, 15) is 22.4 Å². The molecule has 4 rings (SSSR count). The van der Waals surface area contributed by atoms with Gasteiger partial charge in [-0.3, -0.25) is 9.10 Å². The monoisotopic (exact) mass is 440 g/mol. The summed E-state index contributed by atoms with van der Waals surface area (Å²) in [5.41, 5.74) is 1.87. The van der Waals surface area contributed by atoms with Crippen molar-refractivity contribution < 1.29 is 27.5 Å². The average Bonchev–Trinajstić information content (AvgIpc) is 3.18. The van der Waals surface area contributed by atoms with E-state index in [0.29, 0.717) is 17.8 Å². The molecule has 2 N–H and O–H groups in total. The number of rotatable bonds is 5. The Labute approximate surface area is 177 Å². The third-order valence-corrected chi connectivity index (χ3v) is 6.78. The zero-order valence-corrected chi connectivity index (χ0v) is 16.9. The third kappa shape index (κ3) is 3.99. The van der Waals surface area contributed by atoms with E-state index in [0.717, 1.165) is 11.6 Å². The fourth-order valence-electron chi connectivity index (χ4n) is 3.39. The average molecular weight is 440 g/mol. The molecule has 0 spiro atoms. The zero-order chi connectivity index (χ0) is 22.2. The molecule has 1 heterocycles. The van der Waals surface area contributed by atoms with Gasteiger partial charge in [-0.05, 0) is 66.6 Å². The molecule has 0 saturated carbocycles. The molecule has 0 fully saturated rings. The van der Waals surface area contributed by atoms with Crippen LogP contribution in [0.25, 0.3) is 0 Å². The maximum absolute atomic E-state index is 13.6. The van der Waals surface area contributed by atoms with Crippen LogP contribution < -0.4 is 9.62 Å². The van der Waals surface area contributed by atoms with Crippen LogP contribution in [0.5, 0.6) is 0 Å². The van der Waals surface area contributed by atoms with Crippen LogP contribution in [0.3, 0.4) is 0 Å². The maximum atomic E-state index is 13.6. The standard InChI is InChI=1S/C22H17FN2O5S/c23-17-2-1-3-19(13-17)31(29,30)25-11-10-14-4-5-16(12-20(14)25)21(26)24-18-8-6-15(7-9-18)22(27)28/h1-9,12-13H,10-11H2,(H,24,26)(H,27,28). The Kier molecular flexibility index (Phi) is 5.20. The van der Waals surface area contributed by atoms with Crippen LogP contribution in [0.15, 0.2) is 71.6 Å². The predicted octanol–water partition coefficient (Wildman–Crippen LogP) is 3.53.